The first-order valence-corrected chi connectivity index (χ1v) is 19.5. The lowest BCUT2D eigenvalue weighted by Crippen LogP contribution is -2.22. The minimum absolute atomic E-state index is 0.269. The predicted molar refractivity (Wildman–Crippen MR) is 190 cm³/mol. The monoisotopic (exact) mass is 651 g/mol. The van der Waals surface area contributed by atoms with Gasteiger partial charge in [-0.25, -0.2) is 0 Å². The highest BCUT2D eigenvalue weighted by atomic mass is 16.6. The first-order chi connectivity index (χ1) is 22.0. The molecule has 0 aliphatic rings. The van der Waals surface area contributed by atoms with Crippen LogP contribution in [0.3, 0.4) is 0 Å². The molecule has 0 spiro atoms. The van der Waals surface area contributed by atoms with Gasteiger partial charge in [-0.05, 0) is 24.7 Å². The van der Waals surface area contributed by atoms with E-state index in [4.69, 9.17) is 9.47 Å². The summed E-state index contributed by atoms with van der Waals surface area (Å²) in [5.41, 5.74) is 0. The van der Waals surface area contributed by atoms with E-state index in [-0.39, 0.29) is 24.7 Å². The van der Waals surface area contributed by atoms with Crippen molar-refractivity contribution in [2.75, 3.05) is 0 Å². The molecule has 6 heteroatoms. The molecule has 0 amide bonds. The van der Waals surface area contributed by atoms with Crippen LogP contribution in [0, 0.1) is 23.7 Å². The Morgan fingerprint density at radius 2 is 0.565 bits per heavy atom. The Balaban J connectivity index is 3.76. The predicted octanol–water partition coefficient (Wildman–Crippen LogP) is 11.9. The standard InChI is InChI=1S/C40H74O6/c1-33(2)27-23-19-15-11-7-9-13-17-21-25-29-35(5)39(43)45-37(41)31-32-38(42)46-40(44)36(6)30-26-22-18-14-10-8-12-16-20-24-28-34(3)4/h33-36H,7-32H2,1-6H3. The summed E-state index contributed by atoms with van der Waals surface area (Å²) < 4.78 is 9.88. The Morgan fingerprint density at radius 3 is 0.804 bits per heavy atom. The summed E-state index contributed by atoms with van der Waals surface area (Å²) in [6.45, 7) is 12.7. The molecule has 0 N–H and O–H groups in total. The molecule has 2 atom stereocenters. The van der Waals surface area contributed by atoms with E-state index in [0.717, 1.165) is 37.5 Å². The van der Waals surface area contributed by atoms with Crippen molar-refractivity contribution in [1.82, 2.24) is 0 Å². The molecule has 0 aliphatic carbocycles. The van der Waals surface area contributed by atoms with Crippen LogP contribution < -0.4 is 0 Å². The summed E-state index contributed by atoms with van der Waals surface area (Å²) in [4.78, 5) is 48.7. The number of hydrogen-bond donors (Lipinski definition) is 0. The first kappa shape index (κ1) is 44.3. The SMILES string of the molecule is CC(C)CCCCCCCCCCCCC(C)C(=O)OC(=O)CCC(=O)OC(=O)C(C)CCCCCCCCCCCCC(C)C. The third kappa shape index (κ3) is 29.7. The number of carbonyl (C=O) groups excluding carboxylic acids is 4. The van der Waals surface area contributed by atoms with E-state index in [2.05, 4.69) is 27.7 Å². The number of unbranched alkanes of at least 4 members (excludes halogenated alkanes) is 18. The van der Waals surface area contributed by atoms with Crippen LogP contribution in [-0.4, -0.2) is 23.9 Å². The summed E-state index contributed by atoms with van der Waals surface area (Å²) in [5, 5.41) is 0. The summed E-state index contributed by atoms with van der Waals surface area (Å²) in [7, 11) is 0. The van der Waals surface area contributed by atoms with Crippen molar-refractivity contribution >= 4 is 23.9 Å². The Morgan fingerprint density at radius 1 is 0.348 bits per heavy atom. The fourth-order valence-electron chi connectivity index (χ4n) is 5.80. The van der Waals surface area contributed by atoms with Gasteiger partial charge in [0.1, 0.15) is 0 Å². The molecular formula is C40H74O6. The third-order valence-electron chi connectivity index (χ3n) is 9.10. The van der Waals surface area contributed by atoms with Crippen molar-refractivity contribution in [1.29, 1.82) is 0 Å². The van der Waals surface area contributed by atoms with Gasteiger partial charge in [0.05, 0.1) is 24.7 Å². The second-order valence-corrected chi connectivity index (χ2v) is 14.9. The van der Waals surface area contributed by atoms with Crippen molar-refractivity contribution < 1.29 is 28.7 Å². The molecule has 0 rings (SSSR count). The van der Waals surface area contributed by atoms with E-state index in [1.807, 2.05) is 0 Å². The number of hydrogen-bond acceptors (Lipinski definition) is 6. The maximum absolute atomic E-state index is 12.3. The van der Waals surface area contributed by atoms with Crippen molar-refractivity contribution in [3.05, 3.63) is 0 Å². The molecule has 0 fully saturated rings. The molecule has 0 bridgehead atoms. The van der Waals surface area contributed by atoms with Crippen LogP contribution in [0.1, 0.15) is 208 Å². The molecule has 0 saturated heterocycles. The maximum Gasteiger partial charge on any atom is 0.316 e. The zero-order chi connectivity index (χ0) is 34.4. The highest BCUT2D eigenvalue weighted by molar-refractivity contribution is 5.90. The van der Waals surface area contributed by atoms with E-state index in [9.17, 15) is 19.2 Å². The molecule has 0 heterocycles. The second-order valence-electron chi connectivity index (χ2n) is 14.9. The van der Waals surface area contributed by atoms with Gasteiger partial charge < -0.3 is 9.47 Å². The van der Waals surface area contributed by atoms with Crippen molar-refractivity contribution in [2.24, 2.45) is 23.7 Å². The summed E-state index contributed by atoms with van der Waals surface area (Å²) >= 11 is 0. The Hall–Kier alpha value is -1.72. The molecule has 6 nitrogen and oxygen atoms in total. The zero-order valence-corrected chi connectivity index (χ0v) is 31.1. The maximum atomic E-state index is 12.3. The van der Waals surface area contributed by atoms with Crippen LogP contribution in [0.15, 0.2) is 0 Å². The minimum atomic E-state index is -0.746. The topological polar surface area (TPSA) is 86.7 Å². The van der Waals surface area contributed by atoms with Crippen LogP contribution in [0.2, 0.25) is 0 Å². The van der Waals surface area contributed by atoms with Gasteiger partial charge in [0.15, 0.2) is 0 Å². The number of carbonyl (C=O) groups is 4. The highest BCUT2D eigenvalue weighted by Gasteiger charge is 2.21. The lowest BCUT2D eigenvalue weighted by molar-refractivity contribution is -0.167. The van der Waals surface area contributed by atoms with E-state index in [0.29, 0.717) is 12.8 Å². The molecule has 0 aromatic carbocycles. The fraction of sp³-hybridized carbons (Fsp3) is 0.900. The summed E-state index contributed by atoms with van der Waals surface area (Å²) in [6, 6.07) is 0. The number of rotatable bonds is 31. The van der Waals surface area contributed by atoms with Crippen LogP contribution in [-0.2, 0) is 28.7 Å². The number of ether oxygens (including phenoxy) is 2. The van der Waals surface area contributed by atoms with Crippen LogP contribution in [0.4, 0.5) is 0 Å². The smallest absolute Gasteiger partial charge is 0.316 e. The summed E-state index contributed by atoms with van der Waals surface area (Å²) in [5.74, 6) is -1.65. The van der Waals surface area contributed by atoms with Crippen LogP contribution in [0.25, 0.3) is 0 Å². The normalized spacial score (nSPS) is 12.8. The van der Waals surface area contributed by atoms with Gasteiger partial charge in [-0.2, -0.15) is 0 Å². The first-order valence-electron chi connectivity index (χ1n) is 19.5. The molecule has 0 aliphatic heterocycles. The molecule has 0 saturated carbocycles. The fourth-order valence-corrected chi connectivity index (χ4v) is 5.80. The molecule has 46 heavy (non-hydrogen) atoms. The molecule has 0 aromatic heterocycles. The van der Waals surface area contributed by atoms with Crippen LogP contribution >= 0.6 is 0 Å². The molecule has 270 valence electrons. The van der Waals surface area contributed by atoms with Gasteiger partial charge in [0, 0.05) is 0 Å². The quantitative estimate of drug-likeness (QED) is 0.0421. The zero-order valence-electron chi connectivity index (χ0n) is 31.1. The van der Waals surface area contributed by atoms with Gasteiger partial charge in [0.25, 0.3) is 0 Å². The average molecular weight is 651 g/mol. The van der Waals surface area contributed by atoms with E-state index in [1.54, 1.807) is 13.8 Å². The van der Waals surface area contributed by atoms with E-state index < -0.39 is 23.9 Å². The highest BCUT2D eigenvalue weighted by Crippen LogP contribution is 2.18. The lowest BCUT2D eigenvalue weighted by atomic mass is 10.0. The van der Waals surface area contributed by atoms with Gasteiger partial charge in [-0.1, -0.05) is 183 Å². The number of esters is 4. The molecule has 0 radical (unpaired) electrons. The molecule has 0 aromatic rings. The minimum Gasteiger partial charge on any atom is -0.393 e. The largest absolute Gasteiger partial charge is 0.393 e. The van der Waals surface area contributed by atoms with Crippen molar-refractivity contribution in [3.8, 4) is 0 Å². The lowest BCUT2D eigenvalue weighted by Gasteiger charge is -2.11. The second kappa shape index (κ2) is 30.6. The van der Waals surface area contributed by atoms with Gasteiger partial charge >= 0.3 is 23.9 Å². The Kier molecular flexibility index (Phi) is 29.5. The van der Waals surface area contributed by atoms with E-state index >= 15 is 0 Å². The van der Waals surface area contributed by atoms with Crippen molar-refractivity contribution in [3.63, 3.8) is 0 Å². The van der Waals surface area contributed by atoms with Crippen molar-refractivity contribution in [2.45, 2.75) is 208 Å². The van der Waals surface area contributed by atoms with Crippen LogP contribution in [0.5, 0.6) is 0 Å². The summed E-state index contributed by atoms with van der Waals surface area (Å²) in [6.07, 6.45) is 28.4. The Bertz CT molecular complexity index is 710. The third-order valence-corrected chi connectivity index (χ3v) is 9.10. The average Bonchev–Trinajstić information content (AvgIpc) is 3.00. The van der Waals surface area contributed by atoms with Gasteiger partial charge in [0.2, 0.25) is 0 Å². The van der Waals surface area contributed by atoms with E-state index in [1.165, 1.54) is 116 Å². The Labute approximate surface area is 284 Å². The van der Waals surface area contributed by atoms with Gasteiger partial charge in [-0.15, -0.1) is 0 Å². The molecule has 2 unspecified atom stereocenters. The molecular weight excluding hydrogens is 576 g/mol. The van der Waals surface area contributed by atoms with Gasteiger partial charge in [-0.3, -0.25) is 19.2 Å².